The van der Waals surface area contributed by atoms with Gasteiger partial charge in [-0.05, 0) is 35.7 Å². The fourth-order valence-corrected chi connectivity index (χ4v) is 2.81. The lowest BCUT2D eigenvalue weighted by atomic mass is 10.0. The standard InChI is InChI=1S/C19H22N4O3/c1-25-17-9-8-13(10-18(17)26-2)12-20-23-19(24)16-11-15(21-22-16)14-6-4-3-5-7-14/h3-10,12,15-16,21-22H,11H2,1-2H3,(H,23,24)/b20-12+. The van der Waals surface area contributed by atoms with E-state index < -0.39 is 0 Å². The van der Waals surface area contributed by atoms with E-state index in [0.29, 0.717) is 17.9 Å². The second-order valence-corrected chi connectivity index (χ2v) is 5.89. The van der Waals surface area contributed by atoms with Gasteiger partial charge in [-0.2, -0.15) is 5.10 Å². The Balaban J connectivity index is 1.55. The summed E-state index contributed by atoms with van der Waals surface area (Å²) in [5.74, 6) is 1.06. The molecule has 2 aromatic carbocycles. The number of rotatable bonds is 6. The van der Waals surface area contributed by atoms with E-state index in [9.17, 15) is 4.79 Å². The zero-order valence-electron chi connectivity index (χ0n) is 14.7. The summed E-state index contributed by atoms with van der Waals surface area (Å²) in [6.45, 7) is 0. The molecular weight excluding hydrogens is 332 g/mol. The number of carbonyl (C=O) groups excluding carboxylic acids is 1. The van der Waals surface area contributed by atoms with Gasteiger partial charge >= 0.3 is 0 Å². The van der Waals surface area contributed by atoms with Crippen molar-refractivity contribution in [1.29, 1.82) is 0 Å². The van der Waals surface area contributed by atoms with Crippen LogP contribution in [-0.4, -0.2) is 32.4 Å². The molecule has 1 heterocycles. The average molecular weight is 354 g/mol. The molecule has 3 rings (SSSR count). The van der Waals surface area contributed by atoms with Gasteiger partial charge in [0.05, 0.1) is 20.4 Å². The summed E-state index contributed by atoms with van der Waals surface area (Å²) in [6, 6.07) is 15.2. The van der Waals surface area contributed by atoms with Gasteiger partial charge in [0.2, 0.25) is 0 Å². The highest BCUT2D eigenvalue weighted by atomic mass is 16.5. The Morgan fingerprint density at radius 3 is 2.62 bits per heavy atom. The topological polar surface area (TPSA) is 84.0 Å². The van der Waals surface area contributed by atoms with Gasteiger partial charge in [0.25, 0.3) is 5.91 Å². The molecule has 7 nitrogen and oxygen atoms in total. The predicted molar refractivity (Wildman–Crippen MR) is 99.1 cm³/mol. The van der Waals surface area contributed by atoms with Crippen molar-refractivity contribution in [3.8, 4) is 11.5 Å². The maximum absolute atomic E-state index is 12.3. The monoisotopic (exact) mass is 354 g/mol. The SMILES string of the molecule is COc1ccc(/C=N/NC(=O)C2CC(c3ccccc3)NN2)cc1OC. The summed E-state index contributed by atoms with van der Waals surface area (Å²) in [7, 11) is 3.15. The van der Waals surface area contributed by atoms with Crippen LogP contribution < -0.4 is 25.8 Å². The van der Waals surface area contributed by atoms with E-state index in [0.717, 1.165) is 11.1 Å². The molecule has 1 aliphatic rings. The minimum absolute atomic E-state index is 0.0989. The highest BCUT2D eigenvalue weighted by molar-refractivity contribution is 5.85. The normalized spacial score (nSPS) is 19.5. The van der Waals surface area contributed by atoms with Crippen LogP contribution in [0.25, 0.3) is 0 Å². The van der Waals surface area contributed by atoms with Crippen LogP contribution >= 0.6 is 0 Å². The van der Waals surface area contributed by atoms with Crippen molar-refractivity contribution in [2.75, 3.05) is 14.2 Å². The van der Waals surface area contributed by atoms with Gasteiger partial charge in [-0.1, -0.05) is 30.3 Å². The molecule has 0 spiro atoms. The van der Waals surface area contributed by atoms with Gasteiger partial charge in [-0.15, -0.1) is 0 Å². The van der Waals surface area contributed by atoms with Gasteiger partial charge in [0.15, 0.2) is 11.5 Å². The van der Waals surface area contributed by atoms with Gasteiger partial charge in [-0.25, -0.2) is 16.3 Å². The summed E-state index contributed by atoms with van der Waals surface area (Å²) in [6.07, 6.45) is 2.22. The first-order valence-corrected chi connectivity index (χ1v) is 8.32. The number of ether oxygens (including phenoxy) is 2. The second-order valence-electron chi connectivity index (χ2n) is 5.89. The van der Waals surface area contributed by atoms with E-state index in [4.69, 9.17) is 9.47 Å². The van der Waals surface area contributed by atoms with E-state index in [2.05, 4.69) is 21.4 Å². The molecule has 1 fully saturated rings. The fraction of sp³-hybridized carbons (Fsp3) is 0.263. The number of hydrogen-bond acceptors (Lipinski definition) is 6. The lowest BCUT2D eigenvalue weighted by Gasteiger charge is -2.09. The predicted octanol–water partition coefficient (Wildman–Crippen LogP) is 1.76. The molecule has 2 atom stereocenters. The molecule has 1 saturated heterocycles. The summed E-state index contributed by atoms with van der Waals surface area (Å²) in [4.78, 5) is 12.3. The molecule has 3 N–H and O–H groups in total. The molecule has 0 radical (unpaired) electrons. The molecule has 2 unspecified atom stereocenters. The molecule has 136 valence electrons. The summed E-state index contributed by atoms with van der Waals surface area (Å²) >= 11 is 0. The zero-order chi connectivity index (χ0) is 18.4. The Morgan fingerprint density at radius 2 is 1.88 bits per heavy atom. The van der Waals surface area contributed by atoms with Crippen molar-refractivity contribution in [3.63, 3.8) is 0 Å². The van der Waals surface area contributed by atoms with Crippen molar-refractivity contribution in [2.45, 2.75) is 18.5 Å². The number of methoxy groups -OCH3 is 2. The molecular formula is C19H22N4O3. The maximum atomic E-state index is 12.3. The van der Waals surface area contributed by atoms with E-state index in [1.165, 1.54) is 0 Å². The molecule has 26 heavy (non-hydrogen) atoms. The van der Waals surface area contributed by atoms with Crippen molar-refractivity contribution >= 4 is 12.1 Å². The highest BCUT2D eigenvalue weighted by Crippen LogP contribution is 2.26. The first kappa shape index (κ1) is 17.9. The van der Waals surface area contributed by atoms with E-state index in [-0.39, 0.29) is 18.0 Å². The van der Waals surface area contributed by atoms with Gasteiger partial charge in [0.1, 0.15) is 6.04 Å². The summed E-state index contributed by atoms with van der Waals surface area (Å²) in [5.41, 5.74) is 10.7. The number of hydrazone groups is 1. The van der Waals surface area contributed by atoms with E-state index >= 15 is 0 Å². The number of carbonyl (C=O) groups is 1. The smallest absolute Gasteiger partial charge is 0.258 e. The van der Waals surface area contributed by atoms with Crippen LogP contribution in [-0.2, 0) is 4.79 Å². The molecule has 2 aromatic rings. The van der Waals surface area contributed by atoms with Crippen molar-refractivity contribution < 1.29 is 14.3 Å². The Bertz CT molecular complexity index is 780. The lowest BCUT2D eigenvalue weighted by molar-refractivity contribution is -0.122. The van der Waals surface area contributed by atoms with Gasteiger partial charge in [0, 0.05) is 6.04 Å². The van der Waals surface area contributed by atoms with E-state index in [1.54, 1.807) is 32.6 Å². The first-order valence-electron chi connectivity index (χ1n) is 8.32. The number of nitrogens with zero attached hydrogens (tertiary/aromatic N) is 1. The van der Waals surface area contributed by atoms with Crippen LogP contribution in [0, 0.1) is 0 Å². The molecule has 1 aliphatic heterocycles. The molecule has 1 amide bonds. The summed E-state index contributed by atoms with van der Waals surface area (Å²) in [5, 5.41) is 4.03. The average Bonchev–Trinajstić information content (AvgIpc) is 3.19. The Labute approximate surface area is 152 Å². The van der Waals surface area contributed by atoms with Crippen LogP contribution in [0.1, 0.15) is 23.6 Å². The molecule has 0 bridgehead atoms. The molecule has 0 saturated carbocycles. The van der Waals surface area contributed by atoms with Gasteiger partial charge in [-0.3, -0.25) is 4.79 Å². The number of hydrogen-bond donors (Lipinski definition) is 3. The first-order chi connectivity index (χ1) is 12.7. The molecule has 0 aliphatic carbocycles. The Hall–Kier alpha value is -2.90. The third-order valence-corrected chi connectivity index (χ3v) is 4.22. The summed E-state index contributed by atoms with van der Waals surface area (Å²) < 4.78 is 10.4. The lowest BCUT2D eigenvalue weighted by Crippen LogP contribution is -2.41. The Morgan fingerprint density at radius 1 is 1.12 bits per heavy atom. The highest BCUT2D eigenvalue weighted by Gasteiger charge is 2.29. The second kappa shape index (κ2) is 8.46. The minimum atomic E-state index is -0.345. The fourth-order valence-electron chi connectivity index (χ4n) is 2.81. The molecule has 7 heteroatoms. The number of nitrogens with one attached hydrogen (secondary N) is 3. The zero-order valence-corrected chi connectivity index (χ0v) is 14.7. The van der Waals surface area contributed by atoms with Crippen molar-refractivity contribution in [2.24, 2.45) is 5.10 Å². The van der Waals surface area contributed by atoms with Crippen LogP contribution in [0.15, 0.2) is 53.6 Å². The van der Waals surface area contributed by atoms with E-state index in [1.807, 2.05) is 36.4 Å². The van der Waals surface area contributed by atoms with Crippen LogP contribution in [0.4, 0.5) is 0 Å². The van der Waals surface area contributed by atoms with Crippen LogP contribution in [0.2, 0.25) is 0 Å². The largest absolute Gasteiger partial charge is 0.493 e. The van der Waals surface area contributed by atoms with Crippen LogP contribution in [0.5, 0.6) is 11.5 Å². The van der Waals surface area contributed by atoms with Crippen molar-refractivity contribution in [1.82, 2.24) is 16.3 Å². The minimum Gasteiger partial charge on any atom is -0.493 e. The number of hydrazine groups is 1. The quantitative estimate of drug-likeness (QED) is 0.544. The van der Waals surface area contributed by atoms with Crippen LogP contribution in [0.3, 0.4) is 0 Å². The number of benzene rings is 2. The third kappa shape index (κ3) is 4.19. The number of amides is 1. The third-order valence-electron chi connectivity index (χ3n) is 4.22. The maximum Gasteiger partial charge on any atom is 0.258 e. The molecule has 0 aromatic heterocycles. The Kier molecular flexibility index (Phi) is 5.83. The van der Waals surface area contributed by atoms with Crippen molar-refractivity contribution in [3.05, 3.63) is 59.7 Å². The van der Waals surface area contributed by atoms with Gasteiger partial charge < -0.3 is 9.47 Å².